The van der Waals surface area contributed by atoms with E-state index in [2.05, 4.69) is 0 Å². The zero-order valence-electron chi connectivity index (χ0n) is 11.8. The van der Waals surface area contributed by atoms with Crippen molar-refractivity contribution in [1.82, 2.24) is 4.90 Å². The molecule has 21 heavy (non-hydrogen) atoms. The van der Waals surface area contributed by atoms with Crippen molar-refractivity contribution in [2.75, 3.05) is 6.54 Å². The van der Waals surface area contributed by atoms with E-state index in [0.717, 1.165) is 12.8 Å². The lowest BCUT2D eigenvalue weighted by Gasteiger charge is -2.36. The fraction of sp³-hybridized carbons (Fsp3) is 0.375. The maximum atomic E-state index is 13.1. The Morgan fingerprint density at radius 3 is 2.86 bits per heavy atom. The molecule has 0 bridgehead atoms. The summed E-state index contributed by atoms with van der Waals surface area (Å²) >= 11 is 0. The van der Waals surface area contributed by atoms with E-state index in [0.29, 0.717) is 12.1 Å². The zero-order valence-corrected chi connectivity index (χ0v) is 11.8. The second kappa shape index (κ2) is 6.52. The number of rotatable bonds is 3. The van der Waals surface area contributed by atoms with E-state index in [1.807, 2.05) is 6.92 Å². The van der Waals surface area contributed by atoms with E-state index in [9.17, 15) is 19.1 Å². The van der Waals surface area contributed by atoms with Gasteiger partial charge in [0, 0.05) is 12.6 Å². The molecule has 2 atom stereocenters. The molecular formula is C16H18FNO3. The Hall–Kier alpha value is -2.17. The molecule has 112 valence electrons. The van der Waals surface area contributed by atoms with E-state index in [1.165, 1.54) is 29.2 Å². The van der Waals surface area contributed by atoms with Gasteiger partial charge in [0.1, 0.15) is 11.9 Å². The maximum Gasteiger partial charge on any atom is 0.326 e. The Morgan fingerprint density at radius 1 is 1.43 bits per heavy atom. The highest BCUT2D eigenvalue weighted by atomic mass is 19.1. The second-order valence-electron chi connectivity index (χ2n) is 5.32. The zero-order chi connectivity index (χ0) is 15.4. The van der Waals surface area contributed by atoms with Crippen LogP contribution in [0.4, 0.5) is 4.39 Å². The number of nitrogens with zero attached hydrogens (tertiary/aromatic N) is 1. The maximum absolute atomic E-state index is 13.1. The van der Waals surface area contributed by atoms with Crippen LogP contribution in [0.3, 0.4) is 0 Å². The minimum absolute atomic E-state index is 0.0669. The number of piperidine rings is 1. The lowest BCUT2D eigenvalue weighted by molar-refractivity contribution is -0.152. The Bertz CT molecular complexity index is 570. The molecule has 0 aliphatic carbocycles. The summed E-state index contributed by atoms with van der Waals surface area (Å²) in [5, 5.41) is 9.28. The molecule has 2 rings (SSSR count). The van der Waals surface area contributed by atoms with Crippen LogP contribution in [0.1, 0.15) is 25.3 Å². The van der Waals surface area contributed by atoms with Gasteiger partial charge >= 0.3 is 5.97 Å². The average Bonchev–Trinajstić information content (AvgIpc) is 2.44. The Morgan fingerprint density at radius 2 is 2.19 bits per heavy atom. The van der Waals surface area contributed by atoms with Crippen LogP contribution in [0.2, 0.25) is 0 Å². The first-order valence-corrected chi connectivity index (χ1v) is 6.96. The van der Waals surface area contributed by atoms with Crippen LogP contribution in [0.25, 0.3) is 6.08 Å². The molecule has 1 aromatic carbocycles. The highest BCUT2D eigenvalue weighted by Gasteiger charge is 2.36. The first kappa shape index (κ1) is 15.2. The van der Waals surface area contributed by atoms with Crippen LogP contribution < -0.4 is 0 Å². The van der Waals surface area contributed by atoms with E-state index in [-0.39, 0.29) is 17.6 Å². The number of carbonyl (C=O) groups excluding carboxylic acids is 1. The van der Waals surface area contributed by atoms with Crippen molar-refractivity contribution in [2.45, 2.75) is 25.8 Å². The number of halogens is 1. The first-order valence-electron chi connectivity index (χ1n) is 6.96. The SMILES string of the molecule is CC1CCCN(C(=O)/C=C/c2cccc(F)c2)C1C(=O)O. The normalized spacial score (nSPS) is 22.5. The van der Waals surface area contributed by atoms with Gasteiger partial charge in [-0.15, -0.1) is 0 Å². The largest absolute Gasteiger partial charge is 0.480 e. The molecule has 0 saturated carbocycles. The summed E-state index contributed by atoms with van der Waals surface area (Å²) in [7, 11) is 0. The molecule has 0 spiro atoms. The third kappa shape index (κ3) is 3.68. The number of hydrogen-bond donors (Lipinski definition) is 1. The van der Waals surface area contributed by atoms with Crippen molar-refractivity contribution in [3.63, 3.8) is 0 Å². The molecule has 4 nitrogen and oxygen atoms in total. The number of likely N-dealkylation sites (tertiary alicyclic amines) is 1. The topological polar surface area (TPSA) is 57.6 Å². The summed E-state index contributed by atoms with van der Waals surface area (Å²) in [4.78, 5) is 24.9. The fourth-order valence-corrected chi connectivity index (χ4v) is 2.69. The van der Waals surface area contributed by atoms with Crippen LogP contribution in [0.5, 0.6) is 0 Å². The van der Waals surface area contributed by atoms with E-state index >= 15 is 0 Å². The number of carboxylic acid groups (broad SMARTS) is 1. The smallest absolute Gasteiger partial charge is 0.326 e. The van der Waals surface area contributed by atoms with Gasteiger partial charge in [-0.1, -0.05) is 19.1 Å². The van der Waals surface area contributed by atoms with Crippen molar-refractivity contribution >= 4 is 18.0 Å². The van der Waals surface area contributed by atoms with E-state index in [1.54, 1.807) is 12.1 Å². The number of benzene rings is 1. The van der Waals surface area contributed by atoms with E-state index < -0.39 is 12.0 Å². The van der Waals surface area contributed by atoms with Gasteiger partial charge in [0.25, 0.3) is 0 Å². The molecule has 1 aliphatic heterocycles. The number of hydrogen-bond acceptors (Lipinski definition) is 2. The molecule has 1 amide bonds. The van der Waals surface area contributed by atoms with Crippen molar-refractivity contribution in [3.05, 3.63) is 41.7 Å². The number of carbonyl (C=O) groups is 2. The monoisotopic (exact) mass is 291 g/mol. The molecule has 0 radical (unpaired) electrons. The van der Waals surface area contributed by atoms with Crippen LogP contribution >= 0.6 is 0 Å². The molecule has 1 saturated heterocycles. The number of amides is 1. The molecule has 1 aliphatic rings. The lowest BCUT2D eigenvalue weighted by Crippen LogP contribution is -2.51. The number of aliphatic carboxylic acids is 1. The van der Waals surface area contributed by atoms with Gasteiger partial charge < -0.3 is 10.0 Å². The third-order valence-corrected chi connectivity index (χ3v) is 3.74. The third-order valence-electron chi connectivity index (χ3n) is 3.74. The molecular weight excluding hydrogens is 273 g/mol. The minimum Gasteiger partial charge on any atom is -0.480 e. The average molecular weight is 291 g/mol. The summed E-state index contributed by atoms with van der Waals surface area (Å²) in [5.74, 6) is -1.77. The highest BCUT2D eigenvalue weighted by Crippen LogP contribution is 2.24. The molecule has 0 aromatic heterocycles. The standard InChI is InChI=1S/C16H18FNO3/c1-11-4-3-9-18(15(11)16(20)21)14(19)8-7-12-5-2-6-13(17)10-12/h2,5-8,10-11,15H,3-4,9H2,1H3,(H,20,21)/b8-7+. The first-order chi connectivity index (χ1) is 9.99. The fourth-order valence-electron chi connectivity index (χ4n) is 2.69. The van der Waals surface area contributed by atoms with Gasteiger partial charge in [0.15, 0.2) is 0 Å². The molecule has 2 unspecified atom stereocenters. The van der Waals surface area contributed by atoms with Crippen molar-refractivity contribution in [3.8, 4) is 0 Å². The van der Waals surface area contributed by atoms with Crippen molar-refractivity contribution < 1.29 is 19.1 Å². The summed E-state index contributed by atoms with van der Waals surface area (Å²) in [5.41, 5.74) is 0.570. The van der Waals surface area contributed by atoms with Gasteiger partial charge in [-0.05, 0) is 42.5 Å². The highest BCUT2D eigenvalue weighted by molar-refractivity contribution is 5.94. The Labute approximate surface area is 122 Å². The van der Waals surface area contributed by atoms with Gasteiger partial charge in [0.2, 0.25) is 5.91 Å². The molecule has 1 heterocycles. The Kier molecular flexibility index (Phi) is 4.73. The Balaban J connectivity index is 2.13. The minimum atomic E-state index is -0.977. The quantitative estimate of drug-likeness (QED) is 0.871. The predicted molar refractivity (Wildman–Crippen MR) is 77.0 cm³/mol. The van der Waals surface area contributed by atoms with Gasteiger partial charge in [-0.3, -0.25) is 4.79 Å². The summed E-state index contributed by atoms with van der Waals surface area (Å²) in [6, 6.07) is 5.09. The molecule has 5 heteroatoms. The van der Waals surface area contributed by atoms with Crippen LogP contribution in [0, 0.1) is 11.7 Å². The van der Waals surface area contributed by atoms with Crippen LogP contribution in [-0.2, 0) is 9.59 Å². The summed E-state index contributed by atoms with van der Waals surface area (Å²) < 4.78 is 13.1. The molecule has 1 N–H and O–H groups in total. The summed E-state index contributed by atoms with van der Waals surface area (Å²) in [6.45, 7) is 2.28. The van der Waals surface area contributed by atoms with Gasteiger partial charge in [-0.25, -0.2) is 9.18 Å². The molecule has 1 aromatic rings. The second-order valence-corrected chi connectivity index (χ2v) is 5.32. The predicted octanol–water partition coefficient (Wildman–Crippen LogP) is 2.55. The molecule has 1 fully saturated rings. The van der Waals surface area contributed by atoms with Crippen molar-refractivity contribution in [2.24, 2.45) is 5.92 Å². The van der Waals surface area contributed by atoms with Crippen molar-refractivity contribution in [1.29, 1.82) is 0 Å². The van der Waals surface area contributed by atoms with Crippen LogP contribution in [-0.4, -0.2) is 34.5 Å². The van der Waals surface area contributed by atoms with Gasteiger partial charge in [-0.2, -0.15) is 0 Å². The van der Waals surface area contributed by atoms with Crippen LogP contribution in [0.15, 0.2) is 30.3 Å². The van der Waals surface area contributed by atoms with E-state index in [4.69, 9.17) is 0 Å². The number of carboxylic acids is 1. The van der Waals surface area contributed by atoms with Gasteiger partial charge in [0.05, 0.1) is 0 Å². The lowest BCUT2D eigenvalue weighted by atomic mass is 9.90. The summed E-state index contributed by atoms with van der Waals surface area (Å²) in [6.07, 6.45) is 4.41.